The van der Waals surface area contributed by atoms with E-state index in [0.717, 1.165) is 5.56 Å². The van der Waals surface area contributed by atoms with E-state index in [1.54, 1.807) is 17.0 Å². The second-order valence-electron chi connectivity index (χ2n) is 6.39. The molecule has 0 spiro atoms. The molecule has 2 aromatic rings. The van der Waals surface area contributed by atoms with Crippen LogP contribution in [0, 0.1) is 5.92 Å². The van der Waals surface area contributed by atoms with Crippen molar-refractivity contribution in [2.45, 2.75) is 25.5 Å². The van der Waals surface area contributed by atoms with Gasteiger partial charge in [-0.25, -0.2) is 4.98 Å². The van der Waals surface area contributed by atoms with Gasteiger partial charge in [-0.15, -0.1) is 0 Å². The molecule has 0 unspecified atom stereocenters. The summed E-state index contributed by atoms with van der Waals surface area (Å²) < 4.78 is 30.8. The van der Waals surface area contributed by atoms with Crippen LogP contribution < -0.4 is 4.72 Å². The number of rotatable bonds is 6. The van der Waals surface area contributed by atoms with Gasteiger partial charge in [0, 0.05) is 39.1 Å². The van der Waals surface area contributed by atoms with E-state index >= 15 is 0 Å². The Balaban J connectivity index is 1.55. The molecule has 8 heteroatoms. The molecule has 2 heterocycles. The van der Waals surface area contributed by atoms with Gasteiger partial charge in [-0.1, -0.05) is 30.3 Å². The molecular weight excluding hydrogens is 340 g/mol. The molecule has 0 bridgehead atoms. The number of aliphatic hydroxyl groups is 1. The molecule has 1 fully saturated rings. The van der Waals surface area contributed by atoms with E-state index in [2.05, 4.69) is 9.71 Å². The fraction of sp³-hybridized carbons (Fsp3) is 0.471. The molecule has 1 aromatic carbocycles. The second kappa shape index (κ2) is 7.65. The van der Waals surface area contributed by atoms with Crippen LogP contribution in [0.2, 0.25) is 0 Å². The van der Waals surface area contributed by atoms with Crippen molar-refractivity contribution in [1.29, 1.82) is 0 Å². The van der Waals surface area contributed by atoms with E-state index in [-0.39, 0.29) is 12.5 Å². The molecule has 0 amide bonds. The lowest BCUT2D eigenvalue weighted by atomic mass is 9.92. The van der Waals surface area contributed by atoms with Crippen molar-refractivity contribution in [1.82, 2.24) is 18.6 Å². The molecule has 7 nitrogen and oxygen atoms in total. The number of benzene rings is 1. The lowest BCUT2D eigenvalue weighted by molar-refractivity contribution is 0.0666. The summed E-state index contributed by atoms with van der Waals surface area (Å²) in [6.07, 6.45) is 4.01. The van der Waals surface area contributed by atoms with Gasteiger partial charge in [0.2, 0.25) is 0 Å². The number of nitrogens with one attached hydrogen (secondary N) is 1. The zero-order valence-corrected chi connectivity index (χ0v) is 15.1. The normalized spacial score (nSPS) is 18.3. The van der Waals surface area contributed by atoms with E-state index in [1.807, 2.05) is 37.4 Å². The van der Waals surface area contributed by atoms with Crippen LogP contribution in [0.25, 0.3) is 0 Å². The number of piperidine rings is 1. The highest BCUT2D eigenvalue weighted by atomic mass is 32.2. The molecule has 1 aliphatic rings. The summed E-state index contributed by atoms with van der Waals surface area (Å²) in [7, 11) is -1.67. The monoisotopic (exact) mass is 364 g/mol. The van der Waals surface area contributed by atoms with Crippen molar-refractivity contribution in [2.24, 2.45) is 13.0 Å². The van der Waals surface area contributed by atoms with Gasteiger partial charge in [-0.2, -0.15) is 17.4 Å². The van der Waals surface area contributed by atoms with E-state index in [4.69, 9.17) is 0 Å². The molecule has 25 heavy (non-hydrogen) atoms. The summed E-state index contributed by atoms with van der Waals surface area (Å²) in [6.45, 7) is 1.07. The first-order valence-corrected chi connectivity index (χ1v) is 9.85. The Morgan fingerprint density at radius 3 is 2.56 bits per heavy atom. The van der Waals surface area contributed by atoms with Crippen LogP contribution in [0.4, 0.5) is 0 Å². The fourth-order valence-corrected chi connectivity index (χ4v) is 4.39. The Morgan fingerprint density at radius 2 is 1.96 bits per heavy atom. The first-order valence-electron chi connectivity index (χ1n) is 8.41. The number of imidazole rings is 1. The maximum absolute atomic E-state index is 12.5. The van der Waals surface area contributed by atoms with Crippen molar-refractivity contribution in [3.05, 3.63) is 54.1 Å². The van der Waals surface area contributed by atoms with Gasteiger partial charge in [-0.05, 0) is 24.3 Å². The summed E-state index contributed by atoms with van der Waals surface area (Å²) in [5.74, 6) is 0.644. The highest BCUT2D eigenvalue weighted by molar-refractivity contribution is 7.87. The topological polar surface area (TPSA) is 87.5 Å². The number of hydrogen-bond acceptors (Lipinski definition) is 4. The van der Waals surface area contributed by atoms with Crippen LogP contribution in [-0.4, -0.2) is 40.5 Å². The molecule has 136 valence electrons. The summed E-state index contributed by atoms with van der Waals surface area (Å²) in [5, 5.41) is 10.5. The van der Waals surface area contributed by atoms with Crippen LogP contribution in [0.1, 0.15) is 30.3 Å². The molecule has 0 aliphatic carbocycles. The Bertz CT molecular complexity index is 783. The van der Waals surface area contributed by atoms with Crippen molar-refractivity contribution in [3.63, 3.8) is 0 Å². The minimum Gasteiger partial charge on any atom is -0.385 e. The van der Waals surface area contributed by atoms with Crippen LogP contribution in [0.5, 0.6) is 0 Å². The fourth-order valence-electron chi connectivity index (χ4n) is 3.17. The van der Waals surface area contributed by atoms with Gasteiger partial charge in [0.25, 0.3) is 10.2 Å². The lowest BCUT2D eigenvalue weighted by Crippen LogP contribution is -2.45. The van der Waals surface area contributed by atoms with Crippen molar-refractivity contribution < 1.29 is 13.5 Å². The number of hydrogen-bond donors (Lipinski definition) is 2. The molecule has 1 saturated heterocycles. The van der Waals surface area contributed by atoms with Gasteiger partial charge in [-0.3, -0.25) is 0 Å². The van der Waals surface area contributed by atoms with Gasteiger partial charge in [0.05, 0.1) is 0 Å². The highest BCUT2D eigenvalue weighted by Gasteiger charge is 2.32. The molecule has 1 aromatic heterocycles. The van der Waals surface area contributed by atoms with E-state index in [1.165, 1.54) is 4.31 Å². The first kappa shape index (κ1) is 18.1. The van der Waals surface area contributed by atoms with Crippen LogP contribution in [0.3, 0.4) is 0 Å². The second-order valence-corrected chi connectivity index (χ2v) is 8.14. The quantitative estimate of drug-likeness (QED) is 0.806. The molecule has 1 aliphatic heterocycles. The Hall–Kier alpha value is -1.74. The lowest BCUT2D eigenvalue weighted by Gasteiger charge is -2.33. The minimum absolute atomic E-state index is 0.0154. The third kappa shape index (κ3) is 4.27. The summed E-state index contributed by atoms with van der Waals surface area (Å²) >= 11 is 0. The third-order valence-electron chi connectivity index (χ3n) is 4.71. The van der Waals surface area contributed by atoms with Gasteiger partial charge >= 0.3 is 0 Å². The summed E-state index contributed by atoms with van der Waals surface area (Å²) in [5.41, 5.74) is 0.922. The zero-order chi connectivity index (χ0) is 17.9. The van der Waals surface area contributed by atoms with Crippen LogP contribution in [-0.2, 0) is 23.8 Å². The molecule has 2 N–H and O–H groups in total. The predicted octanol–water partition coefficient (Wildman–Crippen LogP) is 1.20. The standard InChI is InChI=1S/C17H24N4O3S/c1-20-12-9-18-17(20)16(22)15-7-10-21(11-8-15)25(23,24)19-13-14-5-3-2-4-6-14/h2-6,9,12,15-16,19,22H,7-8,10-11,13H2,1H3/t16-/m1/s1. The van der Waals surface area contributed by atoms with Gasteiger partial charge in [0.15, 0.2) is 0 Å². The average Bonchev–Trinajstić information content (AvgIpc) is 3.06. The zero-order valence-electron chi connectivity index (χ0n) is 14.2. The van der Waals surface area contributed by atoms with Gasteiger partial charge < -0.3 is 9.67 Å². The Morgan fingerprint density at radius 1 is 1.28 bits per heavy atom. The van der Waals surface area contributed by atoms with Crippen molar-refractivity contribution in [2.75, 3.05) is 13.1 Å². The van der Waals surface area contributed by atoms with Gasteiger partial charge in [0.1, 0.15) is 11.9 Å². The van der Waals surface area contributed by atoms with E-state index in [0.29, 0.717) is 31.8 Å². The maximum atomic E-state index is 12.5. The largest absolute Gasteiger partial charge is 0.385 e. The molecule has 1 atom stereocenters. The maximum Gasteiger partial charge on any atom is 0.279 e. The summed E-state index contributed by atoms with van der Waals surface area (Å²) in [4.78, 5) is 4.19. The van der Waals surface area contributed by atoms with E-state index in [9.17, 15) is 13.5 Å². The molecule has 3 rings (SSSR count). The first-order chi connectivity index (χ1) is 12.0. The van der Waals surface area contributed by atoms with Crippen molar-refractivity contribution in [3.8, 4) is 0 Å². The summed E-state index contributed by atoms with van der Waals surface area (Å²) in [6, 6.07) is 9.44. The minimum atomic E-state index is -3.51. The Kier molecular flexibility index (Phi) is 5.53. The number of aryl methyl sites for hydroxylation is 1. The third-order valence-corrected chi connectivity index (χ3v) is 6.26. The molecule has 0 saturated carbocycles. The van der Waals surface area contributed by atoms with Crippen LogP contribution in [0.15, 0.2) is 42.7 Å². The van der Waals surface area contributed by atoms with Crippen molar-refractivity contribution >= 4 is 10.2 Å². The highest BCUT2D eigenvalue weighted by Crippen LogP contribution is 2.30. The van der Waals surface area contributed by atoms with E-state index < -0.39 is 16.3 Å². The number of aromatic nitrogens is 2. The number of nitrogens with zero attached hydrogens (tertiary/aromatic N) is 3. The molecular formula is C17H24N4O3S. The average molecular weight is 364 g/mol. The molecule has 0 radical (unpaired) electrons. The van der Waals surface area contributed by atoms with Crippen LogP contribution >= 0.6 is 0 Å². The Labute approximate surface area is 148 Å². The SMILES string of the molecule is Cn1ccnc1[C@H](O)C1CCN(S(=O)(=O)NCc2ccccc2)CC1. The predicted molar refractivity (Wildman–Crippen MR) is 94.7 cm³/mol. The number of aliphatic hydroxyl groups excluding tert-OH is 1. The smallest absolute Gasteiger partial charge is 0.279 e.